The number of hydrogen-bond acceptors (Lipinski definition) is 3. The molecule has 0 aliphatic rings. The maximum atomic E-state index is 4.20. The van der Waals surface area contributed by atoms with Crippen molar-refractivity contribution in [3.05, 3.63) is 58.6 Å². The summed E-state index contributed by atoms with van der Waals surface area (Å²) >= 11 is 1.73. The van der Waals surface area contributed by atoms with Crippen LogP contribution in [0.5, 0.6) is 0 Å². The van der Waals surface area contributed by atoms with Gasteiger partial charge in [-0.1, -0.05) is 31.2 Å². The second kappa shape index (κ2) is 6.14. The Balaban J connectivity index is 1.82. The molecule has 0 atom stereocenters. The van der Waals surface area contributed by atoms with E-state index in [9.17, 15) is 0 Å². The molecule has 0 radical (unpaired) electrons. The second-order valence-corrected chi connectivity index (χ2v) is 6.01. The topological polar surface area (TPSA) is 40.7 Å². The zero-order valence-corrected chi connectivity index (χ0v) is 13.1. The molecular weight excluding hydrogens is 278 g/mol. The second-order valence-electron chi connectivity index (χ2n) is 5.06. The van der Waals surface area contributed by atoms with Crippen molar-refractivity contribution in [1.29, 1.82) is 0 Å². The van der Waals surface area contributed by atoms with Crippen LogP contribution in [0, 0.1) is 6.92 Å². The third-order valence-electron chi connectivity index (χ3n) is 3.68. The van der Waals surface area contributed by atoms with Gasteiger partial charge in [-0.15, -0.1) is 11.3 Å². The molecule has 21 heavy (non-hydrogen) atoms. The summed E-state index contributed by atoms with van der Waals surface area (Å²) in [6.45, 7) is 5.12. The Morgan fingerprint density at radius 2 is 2.10 bits per heavy atom. The number of aryl methyl sites for hydroxylation is 2. The van der Waals surface area contributed by atoms with Gasteiger partial charge in [0.05, 0.1) is 16.8 Å². The minimum absolute atomic E-state index is 0.779. The number of aromatic amines is 1. The summed E-state index contributed by atoms with van der Waals surface area (Å²) in [6.07, 6.45) is 2.94. The molecule has 4 heteroatoms. The maximum Gasteiger partial charge on any atom is 0.0799 e. The van der Waals surface area contributed by atoms with E-state index in [-0.39, 0.29) is 0 Å². The van der Waals surface area contributed by atoms with Gasteiger partial charge in [0, 0.05) is 17.8 Å². The number of H-pyrrole nitrogens is 1. The van der Waals surface area contributed by atoms with E-state index in [1.54, 1.807) is 11.3 Å². The van der Waals surface area contributed by atoms with Crippen LogP contribution in [-0.2, 0) is 13.0 Å². The van der Waals surface area contributed by atoms with Crippen LogP contribution in [0.25, 0.3) is 10.6 Å². The summed E-state index contributed by atoms with van der Waals surface area (Å²) in [4.78, 5) is 1.23. The van der Waals surface area contributed by atoms with Gasteiger partial charge in [-0.3, -0.25) is 5.10 Å². The fourth-order valence-electron chi connectivity index (χ4n) is 2.54. The molecule has 2 N–H and O–H groups in total. The van der Waals surface area contributed by atoms with Crippen LogP contribution >= 0.6 is 11.3 Å². The van der Waals surface area contributed by atoms with E-state index in [1.165, 1.54) is 27.3 Å². The Morgan fingerprint density at radius 3 is 2.86 bits per heavy atom. The lowest BCUT2D eigenvalue weighted by atomic mass is 10.1. The number of thiophene rings is 1. The molecule has 0 amide bonds. The number of benzene rings is 1. The van der Waals surface area contributed by atoms with E-state index in [0.29, 0.717) is 0 Å². The summed E-state index contributed by atoms with van der Waals surface area (Å²) in [5.74, 6) is 0. The van der Waals surface area contributed by atoms with Gasteiger partial charge in [-0.2, -0.15) is 5.10 Å². The number of nitrogens with zero attached hydrogens (tertiary/aromatic N) is 1. The van der Waals surface area contributed by atoms with Crippen molar-refractivity contribution in [1.82, 2.24) is 10.2 Å². The van der Waals surface area contributed by atoms with Crippen molar-refractivity contribution in [2.24, 2.45) is 0 Å². The maximum absolute atomic E-state index is 4.20. The van der Waals surface area contributed by atoms with E-state index >= 15 is 0 Å². The highest BCUT2D eigenvalue weighted by Gasteiger charge is 2.10. The standard InChI is InChI=1S/C17H19N3S/c1-3-13-7-4-6-12(2)16(13)18-10-14-11-19-20-17(14)15-8-5-9-21-15/h4-9,11,18H,3,10H2,1-2H3,(H,19,20). The number of rotatable bonds is 5. The normalized spacial score (nSPS) is 10.8. The number of aromatic nitrogens is 2. The predicted octanol–water partition coefficient (Wildman–Crippen LogP) is 4.62. The fourth-order valence-corrected chi connectivity index (χ4v) is 3.29. The van der Waals surface area contributed by atoms with Gasteiger partial charge in [0.2, 0.25) is 0 Å². The van der Waals surface area contributed by atoms with Gasteiger partial charge in [-0.25, -0.2) is 0 Å². The zero-order valence-electron chi connectivity index (χ0n) is 12.3. The zero-order chi connectivity index (χ0) is 14.7. The van der Waals surface area contributed by atoms with E-state index < -0.39 is 0 Å². The molecule has 0 spiro atoms. The molecule has 2 aromatic heterocycles. The molecule has 0 bridgehead atoms. The minimum Gasteiger partial charge on any atom is -0.380 e. The lowest BCUT2D eigenvalue weighted by Crippen LogP contribution is -2.04. The lowest BCUT2D eigenvalue weighted by molar-refractivity contribution is 1.08. The third kappa shape index (κ3) is 2.85. The summed E-state index contributed by atoms with van der Waals surface area (Å²) in [5, 5.41) is 13.0. The first-order valence-electron chi connectivity index (χ1n) is 7.18. The van der Waals surface area contributed by atoms with Gasteiger partial charge in [0.25, 0.3) is 0 Å². The molecule has 0 saturated carbocycles. The smallest absolute Gasteiger partial charge is 0.0799 e. The number of anilines is 1. The highest BCUT2D eigenvalue weighted by molar-refractivity contribution is 7.13. The molecule has 3 aromatic rings. The average molecular weight is 297 g/mol. The van der Waals surface area contributed by atoms with Crippen molar-refractivity contribution in [3.8, 4) is 10.6 Å². The monoisotopic (exact) mass is 297 g/mol. The molecule has 0 saturated heterocycles. The van der Waals surface area contributed by atoms with E-state index in [2.05, 4.69) is 65.1 Å². The Morgan fingerprint density at radius 1 is 1.19 bits per heavy atom. The summed E-state index contributed by atoms with van der Waals surface area (Å²) < 4.78 is 0. The van der Waals surface area contributed by atoms with E-state index in [4.69, 9.17) is 0 Å². The third-order valence-corrected chi connectivity index (χ3v) is 4.57. The van der Waals surface area contributed by atoms with Crippen LogP contribution in [0.3, 0.4) is 0 Å². The van der Waals surface area contributed by atoms with Crippen molar-refractivity contribution in [2.45, 2.75) is 26.8 Å². The van der Waals surface area contributed by atoms with Gasteiger partial charge >= 0.3 is 0 Å². The average Bonchev–Trinajstić information content (AvgIpc) is 3.16. The van der Waals surface area contributed by atoms with Crippen LogP contribution in [0.1, 0.15) is 23.6 Å². The van der Waals surface area contributed by atoms with Gasteiger partial charge < -0.3 is 5.32 Å². The molecule has 0 unspecified atom stereocenters. The molecule has 108 valence electrons. The number of para-hydroxylation sites is 1. The molecule has 3 nitrogen and oxygen atoms in total. The molecule has 0 aliphatic carbocycles. The van der Waals surface area contributed by atoms with Crippen LogP contribution in [0.15, 0.2) is 41.9 Å². The van der Waals surface area contributed by atoms with Gasteiger partial charge in [-0.05, 0) is 35.9 Å². The van der Waals surface area contributed by atoms with Gasteiger partial charge in [0.15, 0.2) is 0 Å². The van der Waals surface area contributed by atoms with E-state index in [1.807, 2.05) is 6.20 Å². The Kier molecular flexibility index (Phi) is 4.06. The highest BCUT2D eigenvalue weighted by atomic mass is 32.1. The SMILES string of the molecule is CCc1cccc(C)c1NCc1cn[nH]c1-c1cccs1. The first kappa shape index (κ1) is 13.9. The first-order valence-corrected chi connectivity index (χ1v) is 8.06. The van der Waals surface area contributed by atoms with Crippen LogP contribution in [0.2, 0.25) is 0 Å². The predicted molar refractivity (Wildman–Crippen MR) is 89.8 cm³/mol. The summed E-state index contributed by atoms with van der Waals surface area (Å²) in [6, 6.07) is 10.6. The number of nitrogens with one attached hydrogen (secondary N) is 2. The molecule has 0 aliphatic heterocycles. The quantitative estimate of drug-likeness (QED) is 0.721. The lowest BCUT2D eigenvalue weighted by Gasteiger charge is -2.14. The van der Waals surface area contributed by atoms with Crippen molar-refractivity contribution in [2.75, 3.05) is 5.32 Å². The Labute approximate surface area is 129 Å². The van der Waals surface area contributed by atoms with Crippen molar-refractivity contribution < 1.29 is 0 Å². The summed E-state index contributed by atoms with van der Waals surface area (Å²) in [7, 11) is 0. The fraction of sp³-hybridized carbons (Fsp3) is 0.235. The van der Waals surface area contributed by atoms with Crippen LogP contribution in [-0.4, -0.2) is 10.2 Å². The van der Waals surface area contributed by atoms with Crippen LogP contribution < -0.4 is 5.32 Å². The minimum atomic E-state index is 0.779. The van der Waals surface area contributed by atoms with Crippen molar-refractivity contribution >= 4 is 17.0 Å². The Bertz CT molecular complexity index is 713. The molecule has 1 aromatic carbocycles. The highest BCUT2D eigenvalue weighted by Crippen LogP contribution is 2.27. The largest absolute Gasteiger partial charge is 0.380 e. The molecule has 3 rings (SSSR count). The number of hydrogen-bond donors (Lipinski definition) is 2. The summed E-state index contributed by atoms with van der Waals surface area (Å²) in [5.41, 5.74) is 6.21. The molecular formula is C17H19N3S. The van der Waals surface area contributed by atoms with E-state index in [0.717, 1.165) is 18.7 Å². The first-order chi connectivity index (χ1) is 10.3. The molecule has 0 fully saturated rings. The Hall–Kier alpha value is -2.07. The molecule has 2 heterocycles. The van der Waals surface area contributed by atoms with Gasteiger partial charge in [0.1, 0.15) is 0 Å². The van der Waals surface area contributed by atoms with Crippen molar-refractivity contribution in [3.63, 3.8) is 0 Å². The van der Waals surface area contributed by atoms with Crippen LogP contribution in [0.4, 0.5) is 5.69 Å².